The standard InChI is InChI=1S/C11H13ClN4O2S/c1-8-9(12)3-2-4-10(8)19(17,18)15-6-5-11-13-7-14-16-11/h2-4,7,15H,5-6H2,1H3,(H,13,14,16). The van der Waals surface area contributed by atoms with E-state index in [-0.39, 0.29) is 11.4 Å². The highest BCUT2D eigenvalue weighted by atomic mass is 35.5. The molecule has 19 heavy (non-hydrogen) atoms. The van der Waals surface area contributed by atoms with Crippen LogP contribution in [0, 0.1) is 6.92 Å². The lowest BCUT2D eigenvalue weighted by Crippen LogP contribution is -2.26. The molecule has 1 heterocycles. The van der Waals surface area contributed by atoms with Gasteiger partial charge in [0.1, 0.15) is 12.2 Å². The van der Waals surface area contributed by atoms with Crippen LogP contribution in [0.1, 0.15) is 11.4 Å². The Labute approximate surface area is 116 Å². The number of benzene rings is 1. The quantitative estimate of drug-likeness (QED) is 0.871. The molecule has 0 unspecified atom stereocenters. The van der Waals surface area contributed by atoms with Gasteiger partial charge in [0.2, 0.25) is 10.0 Å². The molecule has 0 saturated carbocycles. The number of hydrogen-bond donors (Lipinski definition) is 2. The zero-order valence-corrected chi connectivity index (χ0v) is 11.8. The summed E-state index contributed by atoms with van der Waals surface area (Å²) in [6.07, 6.45) is 1.82. The van der Waals surface area contributed by atoms with Crippen molar-refractivity contribution in [3.05, 3.63) is 40.9 Å². The molecule has 0 saturated heterocycles. The van der Waals surface area contributed by atoms with Crippen LogP contribution >= 0.6 is 11.6 Å². The Bertz CT molecular complexity index is 655. The van der Waals surface area contributed by atoms with Crippen LogP contribution < -0.4 is 4.72 Å². The third-order valence-electron chi connectivity index (χ3n) is 2.63. The van der Waals surface area contributed by atoms with Crippen LogP contribution in [0.2, 0.25) is 5.02 Å². The molecule has 102 valence electrons. The van der Waals surface area contributed by atoms with Crippen molar-refractivity contribution >= 4 is 21.6 Å². The highest BCUT2D eigenvalue weighted by Gasteiger charge is 2.17. The zero-order chi connectivity index (χ0) is 13.9. The van der Waals surface area contributed by atoms with E-state index in [1.165, 1.54) is 12.4 Å². The third kappa shape index (κ3) is 3.31. The maximum atomic E-state index is 12.1. The largest absolute Gasteiger partial charge is 0.263 e. The molecule has 0 atom stereocenters. The highest BCUT2D eigenvalue weighted by Crippen LogP contribution is 2.22. The molecule has 0 spiro atoms. The Morgan fingerprint density at radius 2 is 2.21 bits per heavy atom. The minimum absolute atomic E-state index is 0.192. The van der Waals surface area contributed by atoms with E-state index in [1.54, 1.807) is 19.1 Å². The van der Waals surface area contributed by atoms with Crippen LogP contribution in [0.25, 0.3) is 0 Å². The summed E-state index contributed by atoms with van der Waals surface area (Å²) in [5, 5.41) is 6.79. The van der Waals surface area contributed by atoms with E-state index >= 15 is 0 Å². The van der Waals surface area contributed by atoms with Crippen LogP contribution in [0.4, 0.5) is 0 Å². The van der Waals surface area contributed by atoms with Crippen molar-refractivity contribution in [1.82, 2.24) is 19.9 Å². The maximum Gasteiger partial charge on any atom is 0.240 e. The SMILES string of the molecule is Cc1c(Cl)cccc1S(=O)(=O)NCCc1ncn[nH]1. The van der Waals surface area contributed by atoms with Gasteiger partial charge in [-0.15, -0.1) is 0 Å². The van der Waals surface area contributed by atoms with E-state index in [2.05, 4.69) is 19.9 Å². The Morgan fingerprint density at radius 1 is 1.42 bits per heavy atom. The van der Waals surface area contributed by atoms with Crippen molar-refractivity contribution in [2.75, 3.05) is 6.54 Å². The van der Waals surface area contributed by atoms with Crippen LogP contribution in [0.15, 0.2) is 29.4 Å². The first kappa shape index (κ1) is 14.0. The summed E-state index contributed by atoms with van der Waals surface area (Å²) in [5.41, 5.74) is 0.538. The maximum absolute atomic E-state index is 12.1. The minimum Gasteiger partial charge on any atom is -0.263 e. The lowest BCUT2D eigenvalue weighted by molar-refractivity contribution is 0.580. The van der Waals surface area contributed by atoms with Gasteiger partial charge in [-0.25, -0.2) is 18.1 Å². The molecule has 1 aromatic carbocycles. The fourth-order valence-electron chi connectivity index (χ4n) is 1.61. The van der Waals surface area contributed by atoms with Gasteiger partial charge in [-0.3, -0.25) is 5.10 Å². The Morgan fingerprint density at radius 3 is 2.89 bits per heavy atom. The molecule has 0 amide bonds. The normalized spacial score (nSPS) is 11.7. The van der Waals surface area contributed by atoms with Crippen molar-refractivity contribution in [3.8, 4) is 0 Å². The number of sulfonamides is 1. The Hall–Kier alpha value is -1.44. The molecule has 2 rings (SSSR count). The lowest BCUT2D eigenvalue weighted by atomic mass is 10.2. The number of aromatic nitrogens is 3. The topological polar surface area (TPSA) is 87.7 Å². The molecule has 0 fully saturated rings. The van der Waals surface area contributed by atoms with E-state index in [4.69, 9.17) is 11.6 Å². The fourth-order valence-corrected chi connectivity index (χ4v) is 3.14. The van der Waals surface area contributed by atoms with Gasteiger partial charge in [0.25, 0.3) is 0 Å². The van der Waals surface area contributed by atoms with E-state index in [1.807, 2.05) is 0 Å². The molecule has 0 aliphatic carbocycles. The summed E-state index contributed by atoms with van der Waals surface area (Å²) < 4.78 is 26.7. The van der Waals surface area contributed by atoms with Crippen molar-refractivity contribution in [3.63, 3.8) is 0 Å². The minimum atomic E-state index is -3.56. The second-order valence-corrected chi connectivity index (χ2v) is 6.09. The fraction of sp³-hybridized carbons (Fsp3) is 0.273. The molecule has 0 radical (unpaired) electrons. The molecular formula is C11H13ClN4O2S. The molecule has 0 aliphatic rings. The summed E-state index contributed by atoms with van der Waals surface area (Å²) >= 11 is 5.92. The van der Waals surface area contributed by atoms with Crippen molar-refractivity contribution in [1.29, 1.82) is 0 Å². The molecular weight excluding hydrogens is 288 g/mol. The molecule has 0 bridgehead atoms. The first-order valence-corrected chi connectivity index (χ1v) is 7.46. The van der Waals surface area contributed by atoms with Gasteiger partial charge in [-0.05, 0) is 24.6 Å². The second-order valence-electron chi connectivity index (χ2n) is 3.94. The number of hydrogen-bond acceptors (Lipinski definition) is 4. The van der Waals surface area contributed by atoms with E-state index < -0.39 is 10.0 Å². The highest BCUT2D eigenvalue weighted by molar-refractivity contribution is 7.89. The van der Waals surface area contributed by atoms with Gasteiger partial charge in [0, 0.05) is 18.0 Å². The summed E-state index contributed by atoms with van der Waals surface area (Å²) in [7, 11) is -3.56. The average Bonchev–Trinajstić information content (AvgIpc) is 2.85. The first-order valence-electron chi connectivity index (χ1n) is 5.60. The van der Waals surface area contributed by atoms with Crippen molar-refractivity contribution in [2.45, 2.75) is 18.2 Å². The smallest absolute Gasteiger partial charge is 0.240 e. The van der Waals surface area contributed by atoms with Crippen molar-refractivity contribution in [2.24, 2.45) is 0 Å². The van der Waals surface area contributed by atoms with Crippen LogP contribution in [-0.4, -0.2) is 30.1 Å². The number of nitrogens with one attached hydrogen (secondary N) is 2. The number of rotatable bonds is 5. The van der Waals surface area contributed by atoms with Crippen molar-refractivity contribution < 1.29 is 8.42 Å². The predicted molar refractivity (Wildman–Crippen MR) is 71.5 cm³/mol. The number of halogens is 1. The summed E-state index contributed by atoms with van der Waals surface area (Å²) in [5.74, 6) is 0.630. The zero-order valence-electron chi connectivity index (χ0n) is 10.2. The summed E-state index contributed by atoms with van der Waals surface area (Å²) in [6.45, 7) is 1.91. The number of nitrogens with zero attached hydrogens (tertiary/aromatic N) is 2. The van der Waals surface area contributed by atoms with E-state index in [0.717, 1.165) is 0 Å². The second kappa shape index (κ2) is 5.68. The molecule has 6 nitrogen and oxygen atoms in total. The Kier molecular flexibility index (Phi) is 4.18. The van der Waals surface area contributed by atoms with Crippen LogP contribution in [-0.2, 0) is 16.4 Å². The average molecular weight is 301 g/mol. The van der Waals surface area contributed by atoms with Crippen LogP contribution in [0.3, 0.4) is 0 Å². The number of H-pyrrole nitrogens is 1. The first-order chi connectivity index (χ1) is 9.00. The van der Waals surface area contributed by atoms with E-state index in [9.17, 15) is 8.42 Å². The van der Waals surface area contributed by atoms with Crippen LogP contribution in [0.5, 0.6) is 0 Å². The molecule has 2 aromatic rings. The predicted octanol–water partition coefficient (Wildman–Crippen LogP) is 1.29. The van der Waals surface area contributed by atoms with E-state index in [0.29, 0.717) is 22.8 Å². The molecule has 1 aromatic heterocycles. The van der Waals surface area contributed by atoms with Gasteiger partial charge < -0.3 is 0 Å². The molecule has 2 N–H and O–H groups in total. The van der Waals surface area contributed by atoms with Gasteiger partial charge in [0.15, 0.2) is 0 Å². The lowest BCUT2D eigenvalue weighted by Gasteiger charge is -2.09. The Balaban J connectivity index is 2.08. The molecule has 8 heteroatoms. The monoisotopic (exact) mass is 300 g/mol. The molecule has 0 aliphatic heterocycles. The summed E-state index contributed by atoms with van der Waals surface area (Å²) in [6, 6.07) is 4.79. The third-order valence-corrected chi connectivity index (χ3v) is 4.64. The van der Waals surface area contributed by atoms with Gasteiger partial charge >= 0.3 is 0 Å². The van der Waals surface area contributed by atoms with Gasteiger partial charge in [0.05, 0.1) is 4.90 Å². The summed E-state index contributed by atoms with van der Waals surface area (Å²) in [4.78, 5) is 4.11. The van der Waals surface area contributed by atoms with Gasteiger partial charge in [-0.1, -0.05) is 17.7 Å². The van der Waals surface area contributed by atoms with Gasteiger partial charge in [-0.2, -0.15) is 5.10 Å². The number of aromatic amines is 1.